The van der Waals surface area contributed by atoms with Crippen molar-refractivity contribution in [1.29, 1.82) is 0 Å². The van der Waals surface area contributed by atoms with Crippen molar-refractivity contribution in [2.75, 3.05) is 11.9 Å². The Morgan fingerprint density at radius 1 is 1.28 bits per heavy atom. The van der Waals surface area contributed by atoms with Crippen LogP contribution in [0.25, 0.3) is 0 Å². The van der Waals surface area contributed by atoms with E-state index in [1.165, 1.54) is 6.26 Å². The van der Waals surface area contributed by atoms with Crippen LogP contribution in [0.15, 0.2) is 47.1 Å². The van der Waals surface area contributed by atoms with E-state index in [0.717, 1.165) is 19.3 Å². The zero-order chi connectivity index (χ0) is 17.9. The van der Waals surface area contributed by atoms with Crippen molar-refractivity contribution < 1.29 is 19.1 Å². The van der Waals surface area contributed by atoms with E-state index in [1.54, 1.807) is 36.4 Å². The molecule has 2 atom stereocenters. The molecule has 1 aromatic heterocycles. The topological polar surface area (TPSA) is 91.6 Å². The normalized spacial score (nSPS) is 22.6. The van der Waals surface area contributed by atoms with Gasteiger partial charge in [-0.25, -0.2) is 0 Å². The first kappa shape index (κ1) is 17.2. The number of anilines is 1. The van der Waals surface area contributed by atoms with Gasteiger partial charge in [0.05, 0.1) is 12.9 Å². The van der Waals surface area contributed by atoms with Crippen LogP contribution in [0.4, 0.5) is 5.69 Å². The minimum Gasteiger partial charge on any atom is -0.459 e. The molecule has 2 unspecified atom stereocenters. The summed E-state index contributed by atoms with van der Waals surface area (Å²) in [6, 6.07) is 9.91. The van der Waals surface area contributed by atoms with Crippen LogP contribution in [0.5, 0.6) is 0 Å². The fourth-order valence-corrected chi connectivity index (χ4v) is 3.25. The van der Waals surface area contributed by atoms with Crippen molar-refractivity contribution in [1.82, 2.24) is 5.32 Å². The third kappa shape index (κ3) is 3.74. The first-order chi connectivity index (χ1) is 12.0. The lowest BCUT2D eigenvalue weighted by Gasteiger charge is -2.30. The molecule has 3 N–H and O–H groups in total. The number of hydrogen-bond acceptors (Lipinski definition) is 4. The highest BCUT2D eigenvalue weighted by atomic mass is 16.3. The van der Waals surface area contributed by atoms with Gasteiger partial charge in [0, 0.05) is 22.7 Å². The standard InChI is InChI=1S/C19H22N2O4/c1-19(12-22)9-3-8-16(19)21-17(23)13-5-2-6-14(11-13)20-18(24)15-7-4-10-25-15/h2,4-7,10-11,16,22H,3,8-9,12H2,1H3,(H,20,24)(H,21,23). The molecule has 1 aliphatic rings. The molecule has 1 aromatic carbocycles. The number of hydrogen-bond donors (Lipinski definition) is 3. The molecule has 1 heterocycles. The van der Waals surface area contributed by atoms with E-state index in [4.69, 9.17) is 4.42 Å². The van der Waals surface area contributed by atoms with Gasteiger partial charge in [-0.3, -0.25) is 9.59 Å². The Morgan fingerprint density at radius 2 is 2.12 bits per heavy atom. The second-order valence-corrected chi connectivity index (χ2v) is 6.74. The lowest BCUT2D eigenvalue weighted by molar-refractivity contribution is 0.0830. The average Bonchev–Trinajstić information content (AvgIpc) is 3.26. The lowest BCUT2D eigenvalue weighted by atomic mass is 9.85. The molecule has 0 radical (unpaired) electrons. The van der Waals surface area contributed by atoms with Crippen LogP contribution in [0.3, 0.4) is 0 Å². The van der Waals surface area contributed by atoms with Crippen LogP contribution in [0.1, 0.15) is 47.1 Å². The number of carbonyl (C=O) groups is 2. The molecule has 6 heteroatoms. The summed E-state index contributed by atoms with van der Waals surface area (Å²) in [6.07, 6.45) is 4.17. The number of rotatable bonds is 5. The van der Waals surface area contributed by atoms with Crippen molar-refractivity contribution in [2.24, 2.45) is 5.41 Å². The minimum atomic E-state index is -0.369. The number of nitrogens with one attached hydrogen (secondary N) is 2. The summed E-state index contributed by atoms with van der Waals surface area (Å²) >= 11 is 0. The number of aliphatic hydroxyl groups excluding tert-OH is 1. The highest BCUT2D eigenvalue weighted by molar-refractivity contribution is 6.03. The third-order valence-electron chi connectivity index (χ3n) is 4.88. The molecule has 0 spiro atoms. The van der Waals surface area contributed by atoms with Crippen LogP contribution < -0.4 is 10.6 Å². The molecule has 2 amide bonds. The van der Waals surface area contributed by atoms with Crippen molar-refractivity contribution in [3.63, 3.8) is 0 Å². The van der Waals surface area contributed by atoms with E-state index in [9.17, 15) is 14.7 Å². The summed E-state index contributed by atoms with van der Waals surface area (Å²) in [5.74, 6) is -0.369. The van der Waals surface area contributed by atoms with E-state index >= 15 is 0 Å². The molecule has 0 aliphatic heterocycles. The number of benzene rings is 1. The quantitative estimate of drug-likeness (QED) is 0.779. The number of aliphatic hydroxyl groups is 1. The summed E-state index contributed by atoms with van der Waals surface area (Å²) in [5.41, 5.74) is 0.704. The van der Waals surface area contributed by atoms with Gasteiger partial charge in [0.25, 0.3) is 11.8 Å². The number of furan rings is 1. The van der Waals surface area contributed by atoms with Gasteiger partial charge in [-0.15, -0.1) is 0 Å². The predicted molar refractivity (Wildman–Crippen MR) is 93.4 cm³/mol. The van der Waals surface area contributed by atoms with E-state index in [-0.39, 0.29) is 35.6 Å². The molecular weight excluding hydrogens is 320 g/mol. The zero-order valence-electron chi connectivity index (χ0n) is 14.1. The summed E-state index contributed by atoms with van der Waals surface area (Å²) in [4.78, 5) is 24.6. The fraction of sp³-hybridized carbons (Fsp3) is 0.368. The number of amides is 2. The third-order valence-corrected chi connectivity index (χ3v) is 4.88. The highest BCUT2D eigenvalue weighted by Gasteiger charge is 2.39. The van der Waals surface area contributed by atoms with Crippen molar-refractivity contribution in [3.8, 4) is 0 Å². The van der Waals surface area contributed by atoms with E-state index in [2.05, 4.69) is 10.6 Å². The lowest BCUT2D eigenvalue weighted by Crippen LogP contribution is -2.44. The van der Waals surface area contributed by atoms with Gasteiger partial charge in [0.15, 0.2) is 5.76 Å². The van der Waals surface area contributed by atoms with Crippen molar-refractivity contribution >= 4 is 17.5 Å². The molecule has 3 rings (SSSR count). The Balaban J connectivity index is 1.68. The van der Waals surface area contributed by atoms with Crippen LogP contribution >= 0.6 is 0 Å². The van der Waals surface area contributed by atoms with Crippen LogP contribution in [-0.2, 0) is 0 Å². The van der Waals surface area contributed by atoms with Gasteiger partial charge in [-0.2, -0.15) is 0 Å². The maximum Gasteiger partial charge on any atom is 0.291 e. The second kappa shape index (κ2) is 7.11. The molecule has 0 bridgehead atoms. The molecule has 1 aliphatic carbocycles. The molecule has 1 saturated carbocycles. The van der Waals surface area contributed by atoms with E-state index < -0.39 is 0 Å². The summed E-state index contributed by atoms with van der Waals surface area (Å²) in [7, 11) is 0. The van der Waals surface area contributed by atoms with Crippen LogP contribution in [-0.4, -0.2) is 29.6 Å². The Labute approximate surface area is 146 Å². The van der Waals surface area contributed by atoms with Crippen LogP contribution in [0, 0.1) is 5.41 Å². The van der Waals surface area contributed by atoms with Gasteiger partial charge in [-0.1, -0.05) is 19.4 Å². The first-order valence-corrected chi connectivity index (χ1v) is 8.38. The van der Waals surface area contributed by atoms with Gasteiger partial charge in [0.2, 0.25) is 0 Å². The first-order valence-electron chi connectivity index (χ1n) is 8.38. The molecule has 2 aromatic rings. The molecule has 6 nitrogen and oxygen atoms in total. The molecule has 0 saturated heterocycles. The van der Waals surface area contributed by atoms with E-state index in [0.29, 0.717) is 11.3 Å². The molecular formula is C19H22N2O4. The second-order valence-electron chi connectivity index (χ2n) is 6.74. The smallest absolute Gasteiger partial charge is 0.291 e. The van der Waals surface area contributed by atoms with E-state index in [1.807, 2.05) is 6.92 Å². The summed E-state index contributed by atoms with van der Waals surface area (Å²) < 4.78 is 5.05. The Morgan fingerprint density at radius 3 is 2.84 bits per heavy atom. The van der Waals surface area contributed by atoms with Gasteiger partial charge < -0.3 is 20.2 Å². The summed E-state index contributed by atoms with van der Waals surface area (Å²) in [5, 5.41) is 15.3. The maximum absolute atomic E-state index is 12.5. The highest BCUT2D eigenvalue weighted by Crippen LogP contribution is 2.37. The largest absolute Gasteiger partial charge is 0.459 e. The molecule has 25 heavy (non-hydrogen) atoms. The minimum absolute atomic E-state index is 0.0497. The van der Waals surface area contributed by atoms with Crippen molar-refractivity contribution in [2.45, 2.75) is 32.2 Å². The fourth-order valence-electron chi connectivity index (χ4n) is 3.25. The zero-order valence-corrected chi connectivity index (χ0v) is 14.1. The molecule has 1 fully saturated rings. The van der Waals surface area contributed by atoms with Crippen molar-refractivity contribution in [3.05, 3.63) is 54.0 Å². The Hall–Kier alpha value is -2.60. The van der Waals surface area contributed by atoms with Gasteiger partial charge >= 0.3 is 0 Å². The molecule has 132 valence electrons. The summed E-state index contributed by atoms with van der Waals surface area (Å²) in [6.45, 7) is 2.04. The Kier molecular flexibility index (Phi) is 4.90. The SMILES string of the molecule is CC1(CO)CCCC1NC(=O)c1cccc(NC(=O)c2ccco2)c1. The monoisotopic (exact) mass is 342 g/mol. The number of carbonyl (C=O) groups excluding carboxylic acids is 2. The Bertz CT molecular complexity index is 757. The van der Waals surface area contributed by atoms with Crippen LogP contribution in [0.2, 0.25) is 0 Å². The predicted octanol–water partition coefficient (Wildman–Crippen LogP) is 2.81. The maximum atomic E-state index is 12.5. The van der Waals surface area contributed by atoms with Gasteiger partial charge in [-0.05, 0) is 43.2 Å². The average molecular weight is 342 g/mol. The van der Waals surface area contributed by atoms with Gasteiger partial charge in [0.1, 0.15) is 0 Å².